The van der Waals surface area contributed by atoms with Crippen molar-refractivity contribution in [1.82, 2.24) is 4.98 Å². The first-order chi connectivity index (χ1) is 13.3. The number of aryl methyl sites for hydroxylation is 1. The van der Waals surface area contributed by atoms with Gasteiger partial charge in [0.1, 0.15) is 11.2 Å². The van der Waals surface area contributed by atoms with E-state index in [4.69, 9.17) is 9.68 Å². The predicted octanol–water partition coefficient (Wildman–Crippen LogP) is 8.09. The minimum Gasteiger partial charge on any atom is -0.462 e. The third-order valence-electron chi connectivity index (χ3n) is 4.22. The first-order valence-electron chi connectivity index (χ1n) is 10.2. The van der Waals surface area contributed by atoms with Crippen LogP contribution in [0.4, 0.5) is 5.69 Å². The molecule has 3 rings (SSSR count). The molecule has 1 saturated carbocycles. The van der Waals surface area contributed by atoms with Gasteiger partial charge in [0.05, 0.1) is 12.5 Å². The molecule has 2 aromatic heterocycles. The Balaban J connectivity index is 0. The molecule has 1 fully saturated rings. The number of hydrogen-bond donors (Lipinski definition) is 0. The largest absolute Gasteiger partial charge is 0.462 e. The number of furan rings is 1. The molecule has 0 saturated heterocycles. The van der Waals surface area contributed by atoms with Crippen LogP contribution in [0, 0.1) is 29.6 Å². The van der Waals surface area contributed by atoms with Crippen molar-refractivity contribution >= 4 is 16.8 Å². The monoisotopic (exact) mass is 375 g/mol. The second-order valence-corrected chi connectivity index (χ2v) is 5.79. The maximum absolute atomic E-state index is 10.3. The molecule has 0 spiro atoms. The lowest BCUT2D eigenvalue weighted by atomic mass is 9.86. The minimum atomic E-state index is 0.331. The van der Waals surface area contributed by atoms with Crippen LogP contribution < -0.4 is 0 Å². The molecule has 27 heavy (non-hydrogen) atoms. The molecule has 0 atom stereocenters. The third-order valence-corrected chi connectivity index (χ3v) is 4.22. The van der Waals surface area contributed by atoms with E-state index in [0.29, 0.717) is 11.3 Å². The molecule has 2 heterocycles. The molecule has 0 bridgehead atoms. The van der Waals surface area contributed by atoms with E-state index in [0.717, 1.165) is 17.0 Å². The number of hydrogen-bond acceptors (Lipinski definition) is 5. The summed E-state index contributed by atoms with van der Waals surface area (Å²) in [5, 5.41) is 9.33. The van der Waals surface area contributed by atoms with Crippen molar-refractivity contribution < 1.29 is 4.42 Å². The molecule has 1 aliphatic carbocycles. The van der Waals surface area contributed by atoms with Crippen molar-refractivity contribution in [3.8, 4) is 6.57 Å². The lowest BCUT2D eigenvalue weighted by Gasteiger charge is -2.20. The van der Waals surface area contributed by atoms with E-state index in [1.54, 1.807) is 19.3 Å². The fraction of sp³-hybridized carbons (Fsp3) is 0.636. The Labute approximate surface area is 165 Å². The van der Waals surface area contributed by atoms with Crippen LogP contribution in [0.25, 0.3) is 11.1 Å². The summed E-state index contributed by atoms with van der Waals surface area (Å²) in [6.45, 7) is 15.6. The smallest absolute Gasteiger partial charge is 0.157 e. The highest BCUT2D eigenvalue weighted by Crippen LogP contribution is 2.27. The van der Waals surface area contributed by atoms with Crippen LogP contribution in [-0.4, -0.2) is 4.98 Å². The van der Waals surface area contributed by atoms with E-state index in [-0.39, 0.29) is 0 Å². The highest BCUT2D eigenvalue weighted by atomic mass is 16.3. The van der Waals surface area contributed by atoms with E-state index in [1.165, 1.54) is 51.1 Å². The Morgan fingerprint density at radius 3 is 2.30 bits per heavy atom. The zero-order valence-corrected chi connectivity index (χ0v) is 18.0. The van der Waals surface area contributed by atoms with Gasteiger partial charge in [0.25, 0.3) is 0 Å². The molecule has 0 amide bonds. The van der Waals surface area contributed by atoms with Gasteiger partial charge in [0, 0.05) is 18.2 Å². The Kier molecular flexibility index (Phi) is 18.6. The number of nitroso groups, excluding NO2 is 1. The van der Waals surface area contributed by atoms with Crippen molar-refractivity contribution in [3.05, 3.63) is 29.0 Å². The quantitative estimate of drug-likeness (QED) is 0.507. The molecule has 0 aromatic carbocycles. The molecular formula is C22H37N3O2. The summed E-state index contributed by atoms with van der Waals surface area (Å²) in [7, 11) is 0. The highest BCUT2D eigenvalue weighted by molar-refractivity contribution is 5.79. The number of nitrogens with zero attached hydrogens (tertiary/aromatic N) is 3. The van der Waals surface area contributed by atoms with Gasteiger partial charge in [-0.1, -0.05) is 79.6 Å². The maximum atomic E-state index is 10.3. The topological polar surface area (TPSA) is 79.2 Å². The molecule has 5 heteroatoms. The number of pyridine rings is 1. The van der Waals surface area contributed by atoms with Crippen molar-refractivity contribution in [3.63, 3.8) is 0 Å². The summed E-state index contributed by atoms with van der Waals surface area (Å²) in [5.74, 6) is 1.10. The van der Waals surface area contributed by atoms with Crippen molar-refractivity contribution in [2.45, 2.75) is 86.5 Å². The average Bonchev–Trinajstić information content (AvgIpc) is 3.24. The summed E-state index contributed by atoms with van der Waals surface area (Å²) in [4.78, 5) is 14.2. The molecule has 2 aromatic rings. The normalized spacial score (nSPS) is 12.6. The van der Waals surface area contributed by atoms with Crippen LogP contribution in [0.1, 0.15) is 85.1 Å². The Morgan fingerprint density at radius 2 is 1.78 bits per heavy atom. The molecule has 0 aliphatic heterocycles. The lowest BCUT2D eigenvalue weighted by Crippen LogP contribution is -2.04. The standard InChI is InChI=1S/C9H18.C8H6N2O2.2C2H6.CHN/c1-2-6-9-7-4-3-5-8-9;1-5-7(10-11)4-9-6-2-3-12-8(5)6;3*1-2/h9H,2-8H2,1H3;2-4H,1H3;2*1-2H3;1H. The number of fused-ring (bicyclic) bond motifs is 1. The third kappa shape index (κ3) is 9.89. The summed E-state index contributed by atoms with van der Waals surface area (Å²) in [6.07, 6.45) is 13.4. The van der Waals surface area contributed by atoms with Gasteiger partial charge in [-0.2, -0.15) is 0 Å². The van der Waals surface area contributed by atoms with Crippen LogP contribution in [0.3, 0.4) is 0 Å². The molecule has 1 aliphatic rings. The SMILES string of the molecule is C#N.CC.CC.CCCC1CCCCC1.Cc1c(N=O)cnc2ccoc12. The lowest BCUT2D eigenvalue weighted by molar-refractivity contribution is 0.336. The Hall–Kier alpha value is -2.22. The number of aromatic nitrogens is 1. The fourth-order valence-electron chi connectivity index (χ4n) is 3.00. The van der Waals surface area contributed by atoms with Gasteiger partial charge >= 0.3 is 0 Å². The van der Waals surface area contributed by atoms with Crippen LogP contribution in [0.15, 0.2) is 28.1 Å². The molecular weight excluding hydrogens is 338 g/mol. The highest BCUT2D eigenvalue weighted by Gasteiger charge is 2.11. The van der Waals surface area contributed by atoms with E-state index in [1.807, 2.05) is 27.7 Å². The Bertz CT molecular complexity index is 612. The minimum absolute atomic E-state index is 0.331. The Morgan fingerprint density at radius 1 is 1.19 bits per heavy atom. The second kappa shape index (κ2) is 18.6. The van der Waals surface area contributed by atoms with Gasteiger partial charge in [0.15, 0.2) is 5.58 Å². The van der Waals surface area contributed by atoms with Gasteiger partial charge in [-0.15, -0.1) is 4.91 Å². The van der Waals surface area contributed by atoms with Crippen LogP contribution >= 0.6 is 0 Å². The van der Waals surface area contributed by atoms with E-state index in [9.17, 15) is 4.91 Å². The number of nitriles is 1. The molecule has 5 nitrogen and oxygen atoms in total. The maximum Gasteiger partial charge on any atom is 0.157 e. The van der Waals surface area contributed by atoms with Crippen molar-refractivity contribution in [2.24, 2.45) is 11.1 Å². The fourth-order valence-corrected chi connectivity index (χ4v) is 3.00. The first kappa shape index (κ1) is 27.0. The van der Waals surface area contributed by atoms with Gasteiger partial charge in [0.2, 0.25) is 0 Å². The van der Waals surface area contributed by atoms with Crippen LogP contribution in [0.5, 0.6) is 0 Å². The molecule has 152 valence electrons. The molecule has 0 radical (unpaired) electrons. The first-order valence-corrected chi connectivity index (χ1v) is 10.2. The zero-order valence-electron chi connectivity index (χ0n) is 18.0. The zero-order chi connectivity index (χ0) is 21.1. The van der Waals surface area contributed by atoms with Gasteiger partial charge < -0.3 is 4.42 Å². The molecule has 0 N–H and O–H groups in total. The summed E-state index contributed by atoms with van der Waals surface area (Å²) < 4.78 is 5.13. The summed E-state index contributed by atoms with van der Waals surface area (Å²) >= 11 is 0. The van der Waals surface area contributed by atoms with Gasteiger partial charge in [-0.05, 0) is 18.0 Å². The van der Waals surface area contributed by atoms with E-state index < -0.39 is 0 Å². The van der Waals surface area contributed by atoms with E-state index in [2.05, 4.69) is 23.7 Å². The van der Waals surface area contributed by atoms with E-state index >= 15 is 0 Å². The predicted molar refractivity (Wildman–Crippen MR) is 115 cm³/mol. The number of rotatable bonds is 3. The average molecular weight is 376 g/mol. The van der Waals surface area contributed by atoms with Crippen molar-refractivity contribution in [1.29, 1.82) is 5.26 Å². The second-order valence-electron chi connectivity index (χ2n) is 5.79. The van der Waals surface area contributed by atoms with Crippen molar-refractivity contribution in [2.75, 3.05) is 0 Å². The van der Waals surface area contributed by atoms with Crippen LogP contribution in [-0.2, 0) is 0 Å². The molecule has 0 unspecified atom stereocenters. The summed E-state index contributed by atoms with van der Waals surface area (Å²) in [5.41, 5.74) is 2.45. The van der Waals surface area contributed by atoms with Crippen LogP contribution in [0.2, 0.25) is 0 Å². The summed E-state index contributed by atoms with van der Waals surface area (Å²) in [6, 6.07) is 1.75. The van der Waals surface area contributed by atoms with Gasteiger partial charge in [-0.3, -0.25) is 4.98 Å². The van der Waals surface area contributed by atoms with Gasteiger partial charge in [-0.25, -0.2) is 5.26 Å².